The molecule has 43 heavy (non-hydrogen) atoms. The van der Waals surface area contributed by atoms with E-state index in [2.05, 4.69) is 41.8 Å². The average Bonchev–Trinajstić information content (AvgIpc) is 3.49. The molecule has 0 spiro atoms. The van der Waals surface area contributed by atoms with Gasteiger partial charge in [0, 0.05) is 33.2 Å². The molecule has 0 saturated carbocycles. The Morgan fingerprint density at radius 2 is 1.79 bits per heavy atom. The van der Waals surface area contributed by atoms with Crippen LogP contribution in [0.2, 0.25) is 6.04 Å². The number of carboxylic acids is 2. The van der Waals surface area contributed by atoms with Gasteiger partial charge in [0.2, 0.25) is 0 Å². The zero-order valence-electron chi connectivity index (χ0n) is 25.5. The van der Waals surface area contributed by atoms with Gasteiger partial charge in [-0.2, -0.15) is 0 Å². The number of sulfone groups is 1. The second-order valence-electron chi connectivity index (χ2n) is 12.2. The average molecular weight is 631 g/mol. The highest BCUT2D eigenvalue weighted by atomic mass is 32.2. The lowest BCUT2D eigenvalue weighted by atomic mass is 9.87. The van der Waals surface area contributed by atoms with E-state index in [-0.39, 0.29) is 45.6 Å². The molecule has 0 amide bonds. The molecule has 236 valence electrons. The quantitative estimate of drug-likeness (QED) is 0.224. The smallest absolute Gasteiger partial charge is 0.304 e. The molecular formula is C32H46N2O7SSi. The zero-order chi connectivity index (χ0) is 31.2. The molecule has 2 aromatic carbocycles. The minimum atomic E-state index is -3.74. The van der Waals surface area contributed by atoms with Crippen LogP contribution >= 0.6 is 0 Å². The molecule has 3 atom stereocenters. The van der Waals surface area contributed by atoms with Crippen molar-refractivity contribution in [3.05, 3.63) is 58.7 Å². The van der Waals surface area contributed by atoms with Crippen LogP contribution in [0.1, 0.15) is 99.1 Å². The highest BCUT2D eigenvalue weighted by Gasteiger charge is 2.42. The lowest BCUT2D eigenvalue weighted by molar-refractivity contribution is -0.139. The van der Waals surface area contributed by atoms with Crippen LogP contribution < -0.4 is 15.4 Å². The Hall–Kier alpha value is -2.73. The van der Waals surface area contributed by atoms with Gasteiger partial charge in [-0.3, -0.25) is 14.9 Å². The molecule has 0 aliphatic carbocycles. The van der Waals surface area contributed by atoms with E-state index in [0.29, 0.717) is 28.8 Å². The minimum absolute atomic E-state index is 0.0361. The van der Waals surface area contributed by atoms with Crippen LogP contribution in [0.5, 0.6) is 5.75 Å². The van der Waals surface area contributed by atoms with Crippen LogP contribution in [0.3, 0.4) is 0 Å². The van der Waals surface area contributed by atoms with Gasteiger partial charge >= 0.3 is 11.9 Å². The fraction of sp³-hybridized carbons (Fsp3) is 0.562. The highest BCUT2D eigenvalue weighted by Crippen LogP contribution is 2.41. The van der Waals surface area contributed by atoms with Crippen molar-refractivity contribution >= 4 is 31.3 Å². The lowest BCUT2D eigenvalue weighted by Gasteiger charge is -2.36. The van der Waals surface area contributed by atoms with Gasteiger partial charge in [-0.25, -0.2) is 8.42 Å². The summed E-state index contributed by atoms with van der Waals surface area (Å²) in [4.78, 5) is 22.9. The number of benzene rings is 2. The topological polar surface area (TPSA) is 142 Å². The molecule has 0 aromatic heterocycles. The Kier molecular flexibility index (Phi) is 11.1. The summed E-state index contributed by atoms with van der Waals surface area (Å²) in [5.74, 6) is -1.81. The lowest BCUT2D eigenvalue weighted by Crippen LogP contribution is -2.50. The number of rotatable bonds is 14. The molecule has 4 N–H and O–H groups in total. The zero-order valence-corrected chi connectivity index (χ0v) is 27.8. The van der Waals surface area contributed by atoms with Crippen molar-refractivity contribution < 1.29 is 33.0 Å². The maximum absolute atomic E-state index is 14.2. The maximum Gasteiger partial charge on any atom is 0.304 e. The van der Waals surface area contributed by atoms with Gasteiger partial charge < -0.3 is 20.3 Å². The molecule has 2 aromatic rings. The maximum atomic E-state index is 14.2. The summed E-state index contributed by atoms with van der Waals surface area (Å²) in [7, 11) is -2.32. The molecule has 1 fully saturated rings. The summed E-state index contributed by atoms with van der Waals surface area (Å²) < 4.78 is 34.1. The molecule has 4 rings (SSSR count). The molecule has 2 heterocycles. The summed E-state index contributed by atoms with van der Waals surface area (Å²) in [6.07, 6.45) is 5.07. The standard InChI is InChI=1S/C32H46N2O7SSi/c1-4-6-13-32(5-2)20-42(39,40)27-15-23(19-33-24(16-29(35)36)17-30(37)38)26(41-3)18-25(27)31(34-32)22-11-9-21(10-12-22)28-8-7-14-43-28/h9-12,15,18,24,28,31,33-34H,4-8,13-14,16-17,19-20,43H2,1-3H3,(H,35,36)(H,37,38)/t28-,31-,32-/m1/s1. The van der Waals surface area contributed by atoms with Crippen molar-refractivity contribution in [2.75, 3.05) is 12.9 Å². The second-order valence-corrected chi connectivity index (χ2v) is 16.4. The van der Waals surface area contributed by atoms with E-state index in [4.69, 9.17) is 4.74 Å². The number of unbranched alkanes of at least 4 members (excludes halogenated alkanes) is 1. The van der Waals surface area contributed by atoms with Crippen LogP contribution in [0.4, 0.5) is 0 Å². The molecule has 11 heteroatoms. The van der Waals surface area contributed by atoms with Gasteiger partial charge in [-0.05, 0) is 53.6 Å². The number of methoxy groups -OCH3 is 1. The molecular weight excluding hydrogens is 585 g/mol. The van der Waals surface area contributed by atoms with Gasteiger partial charge in [-0.15, -0.1) is 0 Å². The van der Waals surface area contributed by atoms with Crippen molar-refractivity contribution in [1.82, 2.24) is 10.6 Å². The largest absolute Gasteiger partial charge is 0.496 e. The van der Waals surface area contributed by atoms with E-state index in [1.807, 2.05) is 6.92 Å². The number of ether oxygens (including phenoxy) is 1. The summed E-state index contributed by atoms with van der Waals surface area (Å²) in [5, 5.41) is 25.4. The van der Waals surface area contributed by atoms with Crippen molar-refractivity contribution in [3.63, 3.8) is 0 Å². The predicted molar refractivity (Wildman–Crippen MR) is 169 cm³/mol. The van der Waals surface area contributed by atoms with Gasteiger partial charge in [0.25, 0.3) is 0 Å². The number of carboxylic acid groups (broad SMARTS) is 2. The van der Waals surface area contributed by atoms with Gasteiger partial charge in [-0.1, -0.05) is 63.4 Å². The summed E-state index contributed by atoms with van der Waals surface area (Å²) >= 11 is 0. The van der Waals surface area contributed by atoms with Gasteiger partial charge in [0.05, 0.1) is 36.6 Å². The Balaban J connectivity index is 1.79. The van der Waals surface area contributed by atoms with E-state index in [1.165, 1.54) is 31.6 Å². The first-order valence-electron chi connectivity index (χ1n) is 15.5. The summed E-state index contributed by atoms with van der Waals surface area (Å²) in [6.45, 7) is 4.21. The Bertz CT molecular complexity index is 1380. The molecule has 0 unspecified atom stereocenters. The van der Waals surface area contributed by atoms with E-state index >= 15 is 0 Å². The van der Waals surface area contributed by atoms with Crippen molar-refractivity contribution in [2.24, 2.45) is 0 Å². The Morgan fingerprint density at radius 3 is 2.35 bits per heavy atom. The second kappa shape index (κ2) is 14.4. The Morgan fingerprint density at radius 1 is 1.12 bits per heavy atom. The monoisotopic (exact) mass is 630 g/mol. The number of fused-ring (bicyclic) bond motifs is 1. The summed E-state index contributed by atoms with van der Waals surface area (Å²) in [6, 6.07) is 12.3. The van der Waals surface area contributed by atoms with Crippen LogP contribution in [-0.4, -0.2) is 64.5 Å². The highest BCUT2D eigenvalue weighted by molar-refractivity contribution is 7.91. The number of aliphatic carboxylic acids is 2. The number of carbonyl (C=O) groups is 2. The first kappa shape index (κ1) is 33.2. The Labute approximate surface area is 257 Å². The first-order chi connectivity index (χ1) is 20.5. The third-order valence-electron chi connectivity index (χ3n) is 9.18. The van der Waals surface area contributed by atoms with E-state index in [0.717, 1.165) is 24.8 Å². The number of hydrogen-bond acceptors (Lipinski definition) is 7. The number of nitrogens with one attached hydrogen (secondary N) is 2. The van der Waals surface area contributed by atoms with Crippen LogP contribution in [0.15, 0.2) is 41.3 Å². The van der Waals surface area contributed by atoms with E-state index < -0.39 is 33.4 Å². The van der Waals surface area contributed by atoms with Crippen LogP contribution in [0.25, 0.3) is 0 Å². The molecule has 0 bridgehead atoms. The molecule has 2 aliphatic heterocycles. The fourth-order valence-electron chi connectivity index (χ4n) is 6.72. The number of hydrogen-bond donors (Lipinski definition) is 4. The third kappa shape index (κ3) is 8.06. The SMILES string of the molecule is CCCC[C@]1(CC)CS(=O)(=O)c2cc(CNC(CC(=O)O)CC(=O)O)c(OC)cc2[C@@H](c2ccc([C@H]3CCC[SiH2]3)cc2)N1. The summed E-state index contributed by atoms with van der Waals surface area (Å²) in [5.41, 5.74) is 3.65. The first-order valence-corrected chi connectivity index (χ1v) is 19.0. The predicted octanol–water partition coefficient (Wildman–Crippen LogP) is 4.33. The van der Waals surface area contributed by atoms with Crippen molar-refractivity contribution in [1.29, 1.82) is 0 Å². The normalized spacial score (nSPS) is 23.6. The van der Waals surface area contributed by atoms with Crippen LogP contribution in [-0.2, 0) is 26.0 Å². The van der Waals surface area contributed by atoms with Gasteiger partial charge in [0.15, 0.2) is 9.84 Å². The van der Waals surface area contributed by atoms with E-state index in [1.54, 1.807) is 12.1 Å². The third-order valence-corrected chi connectivity index (χ3v) is 13.6. The molecule has 9 nitrogen and oxygen atoms in total. The van der Waals surface area contributed by atoms with Crippen molar-refractivity contribution in [3.8, 4) is 5.75 Å². The van der Waals surface area contributed by atoms with Crippen LogP contribution in [0, 0.1) is 0 Å². The molecule has 2 aliphatic rings. The van der Waals surface area contributed by atoms with Crippen molar-refractivity contribution in [2.45, 2.75) is 106 Å². The fourth-order valence-corrected chi connectivity index (χ4v) is 11.1. The molecule has 1 saturated heterocycles. The molecule has 0 radical (unpaired) electrons. The van der Waals surface area contributed by atoms with Gasteiger partial charge in [0.1, 0.15) is 5.75 Å². The minimum Gasteiger partial charge on any atom is -0.496 e. The van der Waals surface area contributed by atoms with E-state index in [9.17, 15) is 28.2 Å².